The highest BCUT2D eigenvalue weighted by molar-refractivity contribution is 5.86. The number of rotatable bonds is 5. The van der Waals surface area contributed by atoms with Crippen molar-refractivity contribution in [2.45, 2.75) is 37.9 Å². The summed E-state index contributed by atoms with van der Waals surface area (Å²) in [6.45, 7) is 0.784. The number of hydrogen-bond acceptors (Lipinski definition) is 2. The molecule has 0 bridgehead atoms. The molecule has 1 rings (SSSR count). The first-order valence-corrected chi connectivity index (χ1v) is 5.51. The SMILES string of the molecule is CC(NC(=O)NCCC(F)(F)F)(C(=O)O)C1CC1. The minimum absolute atomic E-state index is 0.164. The van der Waals surface area contributed by atoms with Crippen LogP contribution in [0.3, 0.4) is 0 Å². The lowest BCUT2D eigenvalue weighted by Gasteiger charge is -2.26. The molecule has 0 aromatic carbocycles. The predicted octanol–water partition coefficient (Wildman–Crippen LogP) is 1.49. The number of halogens is 3. The molecule has 0 radical (unpaired) electrons. The Morgan fingerprint density at radius 3 is 2.28 bits per heavy atom. The van der Waals surface area contributed by atoms with Gasteiger partial charge in [0.1, 0.15) is 5.54 Å². The summed E-state index contributed by atoms with van der Waals surface area (Å²) in [7, 11) is 0. The maximum absolute atomic E-state index is 11.8. The first-order chi connectivity index (χ1) is 8.15. The molecule has 0 spiro atoms. The number of carboxylic acid groups (broad SMARTS) is 1. The molecule has 8 heteroatoms. The second kappa shape index (κ2) is 5.03. The molecule has 1 aliphatic carbocycles. The van der Waals surface area contributed by atoms with Gasteiger partial charge in [-0.05, 0) is 25.7 Å². The van der Waals surface area contributed by atoms with Crippen LogP contribution in [0.2, 0.25) is 0 Å². The molecule has 0 aliphatic heterocycles. The largest absolute Gasteiger partial charge is 0.480 e. The van der Waals surface area contributed by atoms with Crippen molar-refractivity contribution in [2.75, 3.05) is 6.54 Å². The lowest BCUT2D eigenvalue weighted by Crippen LogP contribution is -2.56. The van der Waals surface area contributed by atoms with Gasteiger partial charge in [-0.1, -0.05) is 0 Å². The standard InChI is InChI=1S/C10H15F3N2O3/c1-9(7(16)17,6-2-3-6)15-8(18)14-5-4-10(11,12)13/h6H,2-5H2,1H3,(H,16,17)(H2,14,15,18). The van der Waals surface area contributed by atoms with Gasteiger partial charge in [-0.3, -0.25) is 0 Å². The van der Waals surface area contributed by atoms with Crippen molar-refractivity contribution >= 4 is 12.0 Å². The Labute approximate surface area is 102 Å². The fraction of sp³-hybridized carbons (Fsp3) is 0.800. The molecule has 104 valence electrons. The lowest BCUT2D eigenvalue weighted by molar-refractivity contribution is -0.144. The molecule has 2 amide bonds. The van der Waals surface area contributed by atoms with Crippen LogP contribution < -0.4 is 10.6 Å². The van der Waals surface area contributed by atoms with Gasteiger partial charge in [0.2, 0.25) is 0 Å². The smallest absolute Gasteiger partial charge is 0.390 e. The fourth-order valence-corrected chi connectivity index (χ4v) is 1.59. The van der Waals surface area contributed by atoms with E-state index in [1.54, 1.807) is 0 Å². The minimum atomic E-state index is -4.35. The van der Waals surface area contributed by atoms with Crippen molar-refractivity contribution in [1.82, 2.24) is 10.6 Å². The average molecular weight is 268 g/mol. The molecule has 0 heterocycles. The Balaban J connectivity index is 2.41. The van der Waals surface area contributed by atoms with Crippen LogP contribution in [0.25, 0.3) is 0 Å². The first kappa shape index (κ1) is 14.6. The zero-order valence-electron chi connectivity index (χ0n) is 9.80. The van der Waals surface area contributed by atoms with Crippen LogP contribution in [0.15, 0.2) is 0 Å². The first-order valence-electron chi connectivity index (χ1n) is 5.51. The number of hydrogen-bond donors (Lipinski definition) is 3. The van der Waals surface area contributed by atoms with Gasteiger partial charge in [-0.15, -0.1) is 0 Å². The molecule has 1 fully saturated rings. The molecule has 3 N–H and O–H groups in total. The molecular formula is C10H15F3N2O3. The Hall–Kier alpha value is -1.47. The molecule has 18 heavy (non-hydrogen) atoms. The van der Waals surface area contributed by atoms with E-state index in [0.717, 1.165) is 0 Å². The second-order valence-electron chi connectivity index (χ2n) is 4.53. The number of carbonyl (C=O) groups is 2. The summed E-state index contributed by atoms with van der Waals surface area (Å²) < 4.78 is 35.5. The summed E-state index contributed by atoms with van der Waals surface area (Å²) in [6.07, 6.45) is -4.12. The number of aliphatic carboxylic acids is 1. The molecule has 1 saturated carbocycles. The number of nitrogens with one attached hydrogen (secondary N) is 2. The van der Waals surface area contributed by atoms with Gasteiger partial charge >= 0.3 is 18.2 Å². The van der Waals surface area contributed by atoms with Gasteiger partial charge in [0, 0.05) is 6.54 Å². The van der Waals surface area contributed by atoms with Crippen molar-refractivity contribution in [3.8, 4) is 0 Å². The topological polar surface area (TPSA) is 78.4 Å². The van der Waals surface area contributed by atoms with Gasteiger partial charge in [0.15, 0.2) is 0 Å². The van der Waals surface area contributed by atoms with E-state index in [4.69, 9.17) is 5.11 Å². The molecule has 1 unspecified atom stereocenters. The van der Waals surface area contributed by atoms with Crippen LogP contribution in [0.1, 0.15) is 26.2 Å². The fourth-order valence-electron chi connectivity index (χ4n) is 1.59. The maximum Gasteiger partial charge on any atom is 0.390 e. The summed E-state index contributed by atoms with van der Waals surface area (Å²) in [5, 5.41) is 13.2. The third-order valence-corrected chi connectivity index (χ3v) is 2.91. The lowest BCUT2D eigenvalue weighted by atomic mass is 9.96. The van der Waals surface area contributed by atoms with Crippen molar-refractivity contribution in [2.24, 2.45) is 5.92 Å². The Bertz CT molecular complexity index is 342. The van der Waals surface area contributed by atoms with Crippen LogP contribution in [0, 0.1) is 5.92 Å². The van der Waals surface area contributed by atoms with Crippen LogP contribution in [0.4, 0.5) is 18.0 Å². The van der Waals surface area contributed by atoms with Gasteiger partial charge < -0.3 is 15.7 Å². The molecule has 0 saturated heterocycles. The Morgan fingerprint density at radius 2 is 1.89 bits per heavy atom. The maximum atomic E-state index is 11.8. The third-order valence-electron chi connectivity index (χ3n) is 2.91. The summed E-state index contributed by atoms with van der Waals surface area (Å²) in [4.78, 5) is 22.4. The summed E-state index contributed by atoms with van der Waals surface area (Å²) >= 11 is 0. The van der Waals surface area contributed by atoms with E-state index in [1.807, 2.05) is 5.32 Å². The minimum Gasteiger partial charge on any atom is -0.480 e. The predicted molar refractivity (Wildman–Crippen MR) is 56.0 cm³/mol. The molecule has 1 aliphatic rings. The highest BCUT2D eigenvalue weighted by Gasteiger charge is 2.48. The van der Waals surface area contributed by atoms with E-state index in [2.05, 4.69) is 5.32 Å². The third kappa shape index (κ3) is 4.08. The normalized spacial score (nSPS) is 18.9. The van der Waals surface area contributed by atoms with E-state index < -0.39 is 36.7 Å². The van der Waals surface area contributed by atoms with Crippen LogP contribution in [-0.2, 0) is 4.79 Å². The highest BCUT2D eigenvalue weighted by atomic mass is 19.4. The molecule has 5 nitrogen and oxygen atoms in total. The monoisotopic (exact) mass is 268 g/mol. The number of urea groups is 1. The quantitative estimate of drug-likeness (QED) is 0.707. The van der Waals surface area contributed by atoms with Crippen molar-refractivity contribution in [3.63, 3.8) is 0 Å². The number of carboxylic acids is 1. The van der Waals surface area contributed by atoms with Crippen LogP contribution in [0.5, 0.6) is 0 Å². The summed E-state index contributed by atoms with van der Waals surface area (Å²) in [6, 6.07) is -0.893. The Kier molecular flexibility index (Phi) is 4.08. The van der Waals surface area contributed by atoms with E-state index >= 15 is 0 Å². The van der Waals surface area contributed by atoms with Gasteiger partial charge in [-0.25, -0.2) is 9.59 Å². The van der Waals surface area contributed by atoms with Crippen molar-refractivity contribution < 1.29 is 27.9 Å². The van der Waals surface area contributed by atoms with Crippen molar-refractivity contribution in [3.05, 3.63) is 0 Å². The van der Waals surface area contributed by atoms with Crippen molar-refractivity contribution in [1.29, 1.82) is 0 Å². The molecule has 0 aromatic rings. The molecule has 0 aromatic heterocycles. The molecular weight excluding hydrogens is 253 g/mol. The summed E-state index contributed by atoms with van der Waals surface area (Å²) in [5.41, 5.74) is -1.41. The van der Waals surface area contributed by atoms with Crippen LogP contribution >= 0.6 is 0 Å². The highest BCUT2D eigenvalue weighted by Crippen LogP contribution is 2.39. The number of alkyl halides is 3. The molecule has 1 atom stereocenters. The second-order valence-corrected chi connectivity index (χ2v) is 4.53. The van der Waals surface area contributed by atoms with Crippen LogP contribution in [-0.4, -0.2) is 35.4 Å². The average Bonchev–Trinajstić information content (AvgIpc) is 2.97. The number of amides is 2. The van der Waals surface area contributed by atoms with Gasteiger partial charge in [0.25, 0.3) is 0 Å². The van der Waals surface area contributed by atoms with E-state index in [9.17, 15) is 22.8 Å². The Morgan fingerprint density at radius 1 is 1.33 bits per heavy atom. The number of carbonyl (C=O) groups excluding carboxylic acids is 1. The summed E-state index contributed by atoms with van der Waals surface area (Å²) in [5.74, 6) is -1.35. The van der Waals surface area contributed by atoms with Gasteiger partial charge in [0.05, 0.1) is 6.42 Å². The van der Waals surface area contributed by atoms with E-state index in [-0.39, 0.29) is 5.92 Å². The van der Waals surface area contributed by atoms with E-state index in [0.29, 0.717) is 12.8 Å². The zero-order valence-corrected chi connectivity index (χ0v) is 9.80. The van der Waals surface area contributed by atoms with Gasteiger partial charge in [-0.2, -0.15) is 13.2 Å². The van der Waals surface area contributed by atoms with E-state index in [1.165, 1.54) is 6.92 Å². The zero-order chi connectivity index (χ0) is 14.0.